The summed E-state index contributed by atoms with van der Waals surface area (Å²) < 4.78 is 23.9. The average molecular weight is 447 g/mol. The summed E-state index contributed by atoms with van der Waals surface area (Å²) in [5.41, 5.74) is 0.0906. The van der Waals surface area contributed by atoms with Crippen molar-refractivity contribution in [1.29, 1.82) is 5.26 Å². The molecule has 9 heteroatoms. The van der Waals surface area contributed by atoms with Crippen molar-refractivity contribution in [1.82, 2.24) is 0 Å². The minimum atomic E-state index is -0.670. The molecule has 0 aliphatic heterocycles. The van der Waals surface area contributed by atoms with E-state index in [4.69, 9.17) is 9.47 Å². The van der Waals surface area contributed by atoms with Crippen LogP contribution in [0.15, 0.2) is 72.3 Å². The number of hydrogen-bond acceptors (Lipinski definition) is 6. The van der Waals surface area contributed by atoms with Crippen molar-refractivity contribution in [3.63, 3.8) is 0 Å². The molecule has 0 atom stereocenters. The molecule has 0 aliphatic carbocycles. The summed E-state index contributed by atoms with van der Waals surface area (Å²) in [6.07, 6.45) is 1.23. The van der Waals surface area contributed by atoms with Gasteiger partial charge in [0.2, 0.25) is 5.75 Å². The standard InChI is InChI=1S/C24H18FN3O5/c1-2-32-20-10-6-19(7-11-20)27-24(29)17(15-26)13-16-3-12-23(22(14-16)28(30)31)33-21-8-4-18(25)5-9-21/h3-14H,2H2,1H3,(H,27,29)/b17-13-. The fraction of sp³-hybridized carbons (Fsp3) is 0.0833. The molecule has 0 saturated heterocycles. The van der Waals surface area contributed by atoms with Gasteiger partial charge in [0, 0.05) is 11.8 Å². The van der Waals surface area contributed by atoms with E-state index in [-0.39, 0.29) is 28.3 Å². The lowest BCUT2D eigenvalue weighted by Gasteiger charge is -2.08. The highest BCUT2D eigenvalue weighted by molar-refractivity contribution is 6.09. The number of halogens is 1. The lowest BCUT2D eigenvalue weighted by molar-refractivity contribution is -0.385. The molecule has 33 heavy (non-hydrogen) atoms. The topological polar surface area (TPSA) is 114 Å². The van der Waals surface area contributed by atoms with Crippen molar-refractivity contribution in [2.24, 2.45) is 0 Å². The summed E-state index contributed by atoms with van der Waals surface area (Å²) >= 11 is 0. The van der Waals surface area contributed by atoms with Crippen molar-refractivity contribution in [3.05, 3.63) is 93.8 Å². The molecule has 3 aromatic rings. The minimum Gasteiger partial charge on any atom is -0.494 e. The Labute approximate surface area is 188 Å². The maximum Gasteiger partial charge on any atom is 0.312 e. The Morgan fingerprint density at radius 1 is 1.12 bits per heavy atom. The Bertz CT molecular complexity index is 1230. The molecule has 0 heterocycles. The number of nitrogens with zero attached hydrogens (tertiary/aromatic N) is 2. The van der Waals surface area contributed by atoms with Gasteiger partial charge in [-0.05, 0) is 73.2 Å². The van der Waals surface area contributed by atoms with Gasteiger partial charge in [-0.2, -0.15) is 5.26 Å². The smallest absolute Gasteiger partial charge is 0.312 e. The number of anilines is 1. The number of nitro benzene ring substituents is 1. The number of nitriles is 1. The molecule has 3 rings (SSSR count). The van der Waals surface area contributed by atoms with Gasteiger partial charge in [-0.25, -0.2) is 4.39 Å². The van der Waals surface area contributed by atoms with Crippen molar-refractivity contribution in [2.75, 3.05) is 11.9 Å². The second kappa shape index (κ2) is 10.5. The highest BCUT2D eigenvalue weighted by Gasteiger charge is 2.18. The lowest BCUT2D eigenvalue weighted by Crippen LogP contribution is -2.13. The zero-order valence-corrected chi connectivity index (χ0v) is 17.4. The predicted molar refractivity (Wildman–Crippen MR) is 119 cm³/mol. The number of rotatable bonds is 8. The van der Waals surface area contributed by atoms with Crippen LogP contribution in [0.25, 0.3) is 6.08 Å². The Morgan fingerprint density at radius 3 is 2.39 bits per heavy atom. The first-order chi connectivity index (χ1) is 15.9. The van der Waals surface area contributed by atoms with Crippen LogP contribution < -0.4 is 14.8 Å². The maximum absolute atomic E-state index is 13.1. The lowest BCUT2D eigenvalue weighted by atomic mass is 10.1. The van der Waals surface area contributed by atoms with Crippen molar-refractivity contribution >= 4 is 23.4 Å². The summed E-state index contributed by atoms with van der Waals surface area (Å²) in [7, 11) is 0. The average Bonchev–Trinajstić information content (AvgIpc) is 2.81. The Hall–Kier alpha value is -4.71. The molecule has 0 fully saturated rings. The number of benzene rings is 3. The number of nitrogens with one attached hydrogen (secondary N) is 1. The molecule has 0 bridgehead atoms. The van der Waals surface area contributed by atoms with Gasteiger partial charge in [-0.15, -0.1) is 0 Å². The molecule has 1 amide bonds. The Morgan fingerprint density at radius 2 is 1.79 bits per heavy atom. The van der Waals surface area contributed by atoms with Crippen molar-refractivity contribution in [2.45, 2.75) is 6.92 Å². The first kappa shape index (κ1) is 23.0. The van der Waals surface area contributed by atoms with Crippen LogP contribution in [-0.4, -0.2) is 17.4 Å². The van der Waals surface area contributed by atoms with E-state index >= 15 is 0 Å². The highest BCUT2D eigenvalue weighted by atomic mass is 19.1. The fourth-order valence-corrected chi connectivity index (χ4v) is 2.80. The number of carbonyl (C=O) groups excluding carboxylic acids is 1. The van der Waals surface area contributed by atoms with E-state index in [9.17, 15) is 24.6 Å². The zero-order chi connectivity index (χ0) is 23.8. The van der Waals surface area contributed by atoms with Crippen LogP contribution in [0.1, 0.15) is 12.5 Å². The molecule has 0 radical (unpaired) electrons. The van der Waals surface area contributed by atoms with Gasteiger partial charge in [0.25, 0.3) is 5.91 Å². The van der Waals surface area contributed by atoms with Crippen LogP contribution in [0.3, 0.4) is 0 Å². The van der Waals surface area contributed by atoms with Crippen LogP contribution in [0.4, 0.5) is 15.8 Å². The summed E-state index contributed by atoms with van der Waals surface area (Å²) in [6, 6.07) is 17.4. The van der Waals surface area contributed by atoms with E-state index in [0.29, 0.717) is 18.0 Å². The fourth-order valence-electron chi connectivity index (χ4n) is 2.80. The van der Waals surface area contributed by atoms with Crippen molar-refractivity contribution < 1.29 is 23.6 Å². The quantitative estimate of drug-likeness (QED) is 0.212. The van der Waals surface area contributed by atoms with Gasteiger partial charge in [0.1, 0.15) is 29.0 Å². The van der Waals surface area contributed by atoms with Crippen LogP contribution >= 0.6 is 0 Å². The molecular weight excluding hydrogens is 429 g/mol. The van der Waals surface area contributed by atoms with E-state index in [0.717, 1.165) is 0 Å². The first-order valence-electron chi connectivity index (χ1n) is 9.77. The molecule has 0 spiro atoms. The molecule has 1 N–H and O–H groups in total. The van der Waals surface area contributed by atoms with E-state index < -0.39 is 16.6 Å². The number of hydrogen-bond donors (Lipinski definition) is 1. The third-order valence-electron chi connectivity index (χ3n) is 4.32. The second-order valence-electron chi connectivity index (χ2n) is 6.62. The van der Waals surface area contributed by atoms with Gasteiger partial charge in [0.15, 0.2) is 0 Å². The van der Waals surface area contributed by atoms with E-state index in [2.05, 4.69) is 5.32 Å². The number of amides is 1. The molecular formula is C24H18FN3O5. The molecule has 3 aromatic carbocycles. The molecule has 0 aromatic heterocycles. The number of nitro groups is 1. The van der Waals surface area contributed by atoms with Crippen molar-refractivity contribution in [3.8, 4) is 23.3 Å². The normalized spacial score (nSPS) is 10.8. The van der Waals surface area contributed by atoms with Gasteiger partial charge in [0.05, 0.1) is 11.5 Å². The molecule has 166 valence electrons. The van der Waals surface area contributed by atoms with Gasteiger partial charge < -0.3 is 14.8 Å². The summed E-state index contributed by atoms with van der Waals surface area (Å²) in [5.74, 6) is -0.348. The zero-order valence-electron chi connectivity index (χ0n) is 17.4. The minimum absolute atomic E-state index is 0.0684. The second-order valence-corrected chi connectivity index (χ2v) is 6.62. The van der Waals surface area contributed by atoms with Gasteiger partial charge in [-0.3, -0.25) is 14.9 Å². The Balaban J connectivity index is 1.81. The van der Waals surface area contributed by atoms with Crippen LogP contribution in [0, 0.1) is 27.3 Å². The highest BCUT2D eigenvalue weighted by Crippen LogP contribution is 2.33. The monoisotopic (exact) mass is 447 g/mol. The van der Waals surface area contributed by atoms with Gasteiger partial charge >= 0.3 is 5.69 Å². The maximum atomic E-state index is 13.1. The van der Waals surface area contributed by atoms with Crippen LogP contribution in [-0.2, 0) is 4.79 Å². The molecule has 8 nitrogen and oxygen atoms in total. The third kappa shape index (κ3) is 6.15. The van der Waals surface area contributed by atoms with E-state index in [1.807, 2.05) is 6.92 Å². The number of carbonyl (C=O) groups is 1. The van der Waals surface area contributed by atoms with E-state index in [1.165, 1.54) is 48.5 Å². The molecule has 0 unspecified atom stereocenters. The van der Waals surface area contributed by atoms with Gasteiger partial charge in [-0.1, -0.05) is 6.07 Å². The first-order valence-corrected chi connectivity index (χ1v) is 9.77. The predicted octanol–water partition coefficient (Wildman–Crippen LogP) is 5.47. The van der Waals surface area contributed by atoms with Crippen LogP contribution in [0.5, 0.6) is 17.2 Å². The molecule has 0 aliphatic rings. The summed E-state index contributed by atoms with van der Waals surface area (Å²) in [5, 5.41) is 23.5. The number of ether oxygens (including phenoxy) is 2. The Kier molecular flexibility index (Phi) is 7.34. The SMILES string of the molecule is CCOc1ccc(NC(=O)/C(C#N)=C\c2ccc(Oc3ccc(F)cc3)c([N+](=O)[O-])c2)cc1. The summed E-state index contributed by atoms with van der Waals surface area (Å²) in [6.45, 7) is 2.36. The van der Waals surface area contributed by atoms with E-state index in [1.54, 1.807) is 30.3 Å². The van der Waals surface area contributed by atoms with Crippen LogP contribution in [0.2, 0.25) is 0 Å². The summed E-state index contributed by atoms with van der Waals surface area (Å²) in [4.78, 5) is 23.4. The third-order valence-corrected chi connectivity index (χ3v) is 4.32. The largest absolute Gasteiger partial charge is 0.494 e. The molecule has 0 saturated carbocycles.